The molecule has 55 heavy (non-hydrogen) atoms. The van der Waals surface area contributed by atoms with E-state index in [0.29, 0.717) is 18.8 Å². The van der Waals surface area contributed by atoms with Crippen LogP contribution >= 0.6 is 0 Å². The average molecular weight is 775 g/mol. The summed E-state index contributed by atoms with van der Waals surface area (Å²) in [5.74, 6) is -0.550. The lowest BCUT2D eigenvalue weighted by molar-refractivity contribution is -0.139. The molecule has 0 fully saturated rings. The Hall–Kier alpha value is -1.58. The molecule has 0 heterocycles. The van der Waals surface area contributed by atoms with Gasteiger partial charge in [0, 0.05) is 11.6 Å². The highest BCUT2D eigenvalue weighted by molar-refractivity contribution is 5.86. The van der Waals surface area contributed by atoms with Crippen molar-refractivity contribution in [3.8, 4) is 0 Å². The summed E-state index contributed by atoms with van der Waals surface area (Å²) >= 11 is 0. The molecule has 0 aliphatic carbocycles. The van der Waals surface area contributed by atoms with Crippen LogP contribution in [0.5, 0.6) is 0 Å². The van der Waals surface area contributed by atoms with Crippen LogP contribution in [0.2, 0.25) is 0 Å². The molecule has 0 radical (unpaired) electrons. The van der Waals surface area contributed by atoms with Crippen LogP contribution in [0.3, 0.4) is 0 Å². The quantitative estimate of drug-likeness (QED) is 0.0351. The summed E-state index contributed by atoms with van der Waals surface area (Å²) in [4.78, 5) is 22.1. The summed E-state index contributed by atoms with van der Waals surface area (Å²) in [6.07, 6.45) is 56.5. The molecular weight excluding hydrogens is 677 g/mol. The van der Waals surface area contributed by atoms with E-state index in [2.05, 4.69) is 27.0 Å². The fraction of sp³-hybridized carbons (Fsp3) is 0.882. The van der Waals surface area contributed by atoms with E-state index >= 15 is 0 Å². The Morgan fingerprint density at radius 2 is 0.564 bits per heavy atom. The van der Waals surface area contributed by atoms with E-state index in [1.807, 2.05) is 0 Å². The SMILES string of the molecule is C=C(C)C(=O)OCCCCCCCCCCCCCCCCCCCCCC.C=CC(=O)OCCCCCCCCCCCCCCCCCCCCCC. The molecule has 326 valence electrons. The molecule has 0 rings (SSSR count). The van der Waals surface area contributed by atoms with Crippen LogP contribution in [0.25, 0.3) is 0 Å². The number of esters is 2. The third kappa shape index (κ3) is 52.4. The second-order valence-electron chi connectivity index (χ2n) is 16.7. The number of ether oxygens (including phenoxy) is 2. The molecular formula is C51H98O4. The topological polar surface area (TPSA) is 52.6 Å². The molecule has 0 aliphatic rings. The van der Waals surface area contributed by atoms with Crippen molar-refractivity contribution in [1.82, 2.24) is 0 Å². The average Bonchev–Trinajstić information content (AvgIpc) is 3.19. The van der Waals surface area contributed by atoms with Crippen LogP contribution in [0.15, 0.2) is 24.8 Å². The lowest BCUT2D eigenvalue weighted by atomic mass is 10.0. The molecule has 0 bridgehead atoms. The maximum atomic E-state index is 11.2. The van der Waals surface area contributed by atoms with E-state index in [4.69, 9.17) is 9.47 Å². The van der Waals surface area contributed by atoms with Gasteiger partial charge in [0.05, 0.1) is 13.2 Å². The molecule has 0 aromatic heterocycles. The molecule has 4 heteroatoms. The van der Waals surface area contributed by atoms with Gasteiger partial charge < -0.3 is 9.47 Å². The highest BCUT2D eigenvalue weighted by Gasteiger charge is 2.02. The zero-order chi connectivity index (χ0) is 40.6. The van der Waals surface area contributed by atoms with Gasteiger partial charge in [-0.3, -0.25) is 0 Å². The van der Waals surface area contributed by atoms with E-state index in [1.165, 1.54) is 250 Å². The number of hydrogen-bond donors (Lipinski definition) is 0. The number of carbonyl (C=O) groups is 2. The van der Waals surface area contributed by atoms with Crippen molar-refractivity contribution in [3.63, 3.8) is 0 Å². The first-order valence-electron chi connectivity index (χ1n) is 24.6. The maximum Gasteiger partial charge on any atom is 0.333 e. The smallest absolute Gasteiger partial charge is 0.333 e. The summed E-state index contributed by atoms with van der Waals surface area (Å²) in [5.41, 5.74) is 0.494. The first kappa shape index (κ1) is 55.5. The van der Waals surface area contributed by atoms with Crippen LogP contribution in [-0.2, 0) is 19.1 Å². The van der Waals surface area contributed by atoms with Crippen LogP contribution in [0.1, 0.15) is 278 Å². The van der Waals surface area contributed by atoms with Gasteiger partial charge in [-0.25, -0.2) is 9.59 Å². The number of rotatable bonds is 44. The van der Waals surface area contributed by atoms with Crippen molar-refractivity contribution in [2.45, 2.75) is 278 Å². The molecule has 4 nitrogen and oxygen atoms in total. The number of unbranched alkanes of at least 4 members (excludes halogenated alkanes) is 38. The van der Waals surface area contributed by atoms with Crippen molar-refractivity contribution in [2.24, 2.45) is 0 Å². The Bertz CT molecular complexity index is 790. The highest BCUT2D eigenvalue weighted by atomic mass is 16.5. The third-order valence-corrected chi connectivity index (χ3v) is 11.0. The normalized spacial score (nSPS) is 10.9. The Labute approximate surface area is 345 Å². The molecule has 0 saturated carbocycles. The minimum atomic E-state index is -0.298. The van der Waals surface area contributed by atoms with Gasteiger partial charge in [0.15, 0.2) is 0 Å². The summed E-state index contributed by atoms with van der Waals surface area (Å²) < 4.78 is 10.1. The fourth-order valence-corrected chi connectivity index (χ4v) is 7.23. The molecule has 0 spiro atoms. The van der Waals surface area contributed by atoms with Crippen LogP contribution < -0.4 is 0 Å². The molecule has 0 aliphatic heterocycles. The highest BCUT2D eigenvalue weighted by Crippen LogP contribution is 2.17. The van der Waals surface area contributed by atoms with Crippen molar-refractivity contribution in [1.29, 1.82) is 0 Å². The zero-order valence-electron chi connectivity index (χ0n) is 37.8. The Morgan fingerprint density at radius 3 is 0.764 bits per heavy atom. The van der Waals surface area contributed by atoms with E-state index in [0.717, 1.165) is 12.8 Å². The Morgan fingerprint density at radius 1 is 0.364 bits per heavy atom. The van der Waals surface area contributed by atoms with Gasteiger partial charge in [-0.1, -0.05) is 271 Å². The predicted molar refractivity (Wildman–Crippen MR) is 243 cm³/mol. The second-order valence-corrected chi connectivity index (χ2v) is 16.7. The fourth-order valence-electron chi connectivity index (χ4n) is 7.23. The van der Waals surface area contributed by atoms with Crippen molar-refractivity contribution >= 4 is 11.9 Å². The summed E-state index contributed by atoms with van der Waals surface area (Å²) in [6, 6.07) is 0. The number of carbonyl (C=O) groups excluding carboxylic acids is 2. The van der Waals surface area contributed by atoms with Gasteiger partial charge >= 0.3 is 11.9 Å². The van der Waals surface area contributed by atoms with E-state index < -0.39 is 0 Å². The van der Waals surface area contributed by atoms with E-state index in [-0.39, 0.29) is 11.9 Å². The lowest BCUT2D eigenvalue weighted by Crippen LogP contribution is -2.05. The van der Waals surface area contributed by atoms with Crippen molar-refractivity contribution in [3.05, 3.63) is 24.8 Å². The zero-order valence-corrected chi connectivity index (χ0v) is 37.8. The minimum Gasteiger partial charge on any atom is -0.463 e. The molecule has 0 saturated heterocycles. The lowest BCUT2D eigenvalue weighted by Gasteiger charge is -2.05. The van der Waals surface area contributed by atoms with Gasteiger partial charge in [-0.15, -0.1) is 0 Å². The standard InChI is InChI=1S/C26H50O2.C25H48O2/c1-4-5-6-7-8-9-10-11-12-13-14-15-16-17-18-19-20-21-22-23-24-28-26(27)25(2)3;1-3-5-6-7-8-9-10-11-12-13-14-15-16-17-18-19-20-21-22-23-24-27-25(26)4-2/h2,4-24H2,1,3H3;4H,2-3,5-24H2,1H3. The van der Waals surface area contributed by atoms with Crippen molar-refractivity contribution < 1.29 is 19.1 Å². The summed E-state index contributed by atoms with van der Waals surface area (Å²) in [6.45, 7) is 14.3. The molecule has 0 amide bonds. The van der Waals surface area contributed by atoms with Crippen LogP contribution in [0, 0.1) is 0 Å². The molecule has 0 aromatic carbocycles. The molecule has 0 N–H and O–H groups in total. The van der Waals surface area contributed by atoms with Crippen molar-refractivity contribution in [2.75, 3.05) is 13.2 Å². The van der Waals surface area contributed by atoms with E-state index in [1.54, 1.807) is 6.92 Å². The summed E-state index contributed by atoms with van der Waals surface area (Å²) in [5, 5.41) is 0. The summed E-state index contributed by atoms with van der Waals surface area (Å²) in [7, 11) is 0. The predicted octanol–water partition coefficient (Wildman–Crippen LogP) is 17.5. The van der Waals surface area contributed by atoms with Gasteiger partial charge in [0.25, 0.3) is 0 Å². The maximum absolute atomic E-state index is 11.2. The molecule has 0 atom stereocenters. The first-order chi connectivity index (χ1) is 27.0. The minimum absolute atomic E-state index is 0.252. The van der Waals surface area contributed by atoms with Crippen LogP contribution in [-0.4, -0.2) is 25.2 Å². The monoisotopic (exact) mass is 775 g/mol. The Kier molecular flexibility index (Phi) is 50.9. The van der Waals surface area contributed by atoms with Gasteiger partial charge in [0.2, 0.25) is 0 Å². The Balaban J connectivity index is 0. The largest absolute Gasteiger partial charge is 0.463 e. The van der Waals surface area contributed by atoms with Gasteiger partial charge in [-0.2, -0.15) is 0 Å². The molecule has 0 unspecified atom stereocenters. The van der Waals surface area contributed by atoms with E-state index in [9.17, 15) is 9.59 Å². The first-order valence-corrected chi connectivity index (χ1v) is 24.6. The number of hydrogen-bond acceptors (Lipinski definition) is 4. The van der Waals surface area contributed by atoms with Gasteiger partial charge in [-0.05, 0) is 19.8 Å². The second kappa shape index (κ2) is 50.4. The van der Waals surface area contributed by atoms with Gasteiger partial charge in [0.1, 0.15) is 0 Å². The van der Waals surface area contributed by atoms with Crippen LogP contribution in [0.4, 0.5) is 0 Å². The third-order valence-electron chi connectivity index (χ3n) is 11.0. The molecule has 0 aromatic rings.